The Morgan fingerprint density at radius 3 is 2.36 bits per heavy atom. The Bertz CT molecular complexity index is 1390. The van der Waals surface area contributed by atoms with Crippen molar-refractivity contribution in [3.05, 3.63) is 76.9 Å². The summed E-state index contributed by atoms with van der Waals surface area (Å²) in [5.41, 5.74) is 16.7. The van der Waals surface area contributed by atoms with Crippen molar-refractivity contribution in [3.63, 3.8) is 0 Å². The van der Waals surface area contributed by atoms with Crippen molar-refractivity contribution in [2.75, 3.05) is 44.9 Å². The number of halogens is 2. The smallest absolute Gasteiger partial charge is 0.250 e. The lowest BCUT2D eigenvalue weighted by Crippen LogP contribution is -2.24. The first-order valence-electron chi connectivity index (χ1n) is 11.6. The van der Waals surface area contributed by atoms with Crippen LogP contribution in [0.4, 0.5) is 20.2 Å². The van der Waals surface area contributed by atoms with Gasteiger partial charge in [0.2, 0.25) is 0 Å². The molecule has 0 radical (unpaired) electrons. The molecule has 36 heavy (non-hydrogen) atoms. The van der Waals surface area contributed by atoms with Crippen molar-refractivity contribution in [2.45, 2.75) is 12.8 Å². The van der Waals surface area contributed by atoms with Gasteiger partial charge in [-0.05, 0) is 81.0 Å². The van der Waals surface area contributed by atoms with Crippen molar-refractivity contribution in [1.29, 1.82) is 0 Å². The highest BCUT2D eigenvalue weighted by Gasteiger charge is 2.22. The van der Waals surface area contributed by atoms with Crippen LogP contribution in [0.2, 0.25) is 0 Å². The summed E-state index contributed by atoms with van der Waals surface area (Å²) >= 11 is 0. The van der Waals surface area contributed by atoms with Crippen LogP contribution in [0.15, 0.2) is 48.5 Å². The van der Waals surface area contributed by atoms with E-state index in [1.54, 1.807) is 6.07 Å². The molecule has 0 aliphatic rings. The molecule has 0 spiro atoms. The van der Waals surface area contributed by atoms with E-state index in [2.05, 4.69) is 20.0 Å². The topological polar surface area (TPSA) is 104 Å². The zero-order valence-electron chi connectivity index (χ0n) is 20.6. The molecule has 9 heteroatoms. The number of nitrogens with one attached hydrogen (secondary N) is 1. The average molecular weight is 493 g/mol. The summed E-state index contributed by atoms with van der Waals surface area (Å²) in [5.74, 6) is -1.86. The minimum absolute atomic E-state index is 0.220. The monoisotopic (exact) mass is 492 g/mol. The van der Waals surface area contributed by atoms with Gasteiger partial charge in [-0.1, -0.05) is 6.07 Å². The van der Waals surface area contributed by atoms with Gasteiger partial charge in [0, 0.05) is 36.3 Å². The van der Waals surface area contributed by atoms with E-state index >= 15 is 0 Å². The number of H-pyrrole nitrogens is 1. The Labute approximate surface area is 208 Å². The highest BCUT2D eigenvalue weighted by molar-refractivity contribution is 6.07. The first kappa shape index (κ1) is 25.1. The molecule has 1 heterocycles. The number of amides is 1. The van der Waals surface area contributed by atoms with Gasteiger partial charge in [0.15, 0.2) is 0 Å². The Morgan fingerprint density at radius 1 is 0.972 bits per heavy atom. The lowest BCUT2D eigenvalue weighted by Gasteiger charge is -2.24. The molecule has 0 saturated carbocycles. The van der Waals surface area contributed by atoms with E-state index in [0.29, 0.717) is 23.2 Å². The van der Waals surface area contributed by atoms with Crippen LogP contribution in [0, 0.1) is 11.6 Å². The zero-order chi connectivity index (χ0) is 26.0. The van der Waals surface area contributed by atoms with Gasteiger partial charge < -0.3 is 21.3 Å². The summed E-state index contributed by atoms with van der Waals surface area (Å²) in [7, 11) is 6.02. The molecule has 0 unspecified atom stereocenters. The highest BCUT2D eigenvalue weighted by atomic mass is 19.1. The average Bonchev–Trinajstić information content (AvgIpc) is 3.20. The van der Waals surface area contributed by atoms with Crippen molar-refractivity contribution in [2.24, 2.45) is 5.73 Å². The zero-order valence-corrected chi connectivity index (χ0v) is 20.6. The number of benzene rings is 3. The summed E-state index contributed by atoms with van der Waals surface area (Å²) in [5, 5.41) is 8.35. The van der Waals surface area contributed by atoms with Crippen LogP contribution in [0.5, 0.6) is 0 Å². The molecule has 0 aliphatic heterocycles. The number of rotatable bonds is 9. The van der Waals surface area contributed by atoms with Gasteiger partial charge in [-0.25, -0.2) is 8.78 Å². The fourth-order valence-corrected chi connectivity index (χ4v) is 4.44. The molecule has 1 amide bonds. The molecule has 0 aliphatic carbocycles. The Hall–Kier alpha value is -3.98. The van der Waals surface area contributed by atoms with E-state index in [9.17, 15) is 13.6 Å². The van der Waals surface area contributed by atoms with E-state index in [1.165, 1.54) is 12.1 Å². The Balaban J connectivity index is 1.80. The number of hydrogen-bond donors (Lipinski definition) is 3. The number of nitrogen functional groups attached to an aromatic ring is 1. The molecular weight excluding hydrogens is 462 g/mol. The van der Waals surface area contributed by atoms with Crippen molar-refractivity contribution in [1.82, 2.24) is 15.1 Å². The van der Waals surface area contributed by atoms with Gasteiger partial charge in [0.25, 0.3) is 5.91 Å². The molecule has 0 atom stereocenters. The number of aromatic amines is 1. The maximum atomic E-state index is 13.7. The molecule has 0 saturated heterocycles. The number of aromatic nitrogens is 2. The van der Waals surface area contributed by atoms with Crippen LogP contribution >= 0.6 is 0 Å². The number of primary amides is 1. The van der Waals surface area contributed by atoms with Gasteiger partial charge in [0.05, 0.1) is 16.8 Å². The summed E-state index contributed by atoms with van der Waals surface area (Å²) in [4.78, 5) is 16.3. The second kappa shape index (κ2) is 10.3. The van der Waals surface area contributed by atoms with Crippen LogP contribution in [0.3, 0.4) is 0 Å². The third-order valence-corrected chi connectivity index (χ3v) is 6.19. The molecule has 188 valence electrons. The fraction of sp³-hybridized carbons (Fsp3) is 0.259. The van der Waals surface area contributed by atoms with E-state index in [0.717, 1.165) is 47.7 Å². The van der Waals surface area contributed by atoms with E-state index in [-0.39, 0.29) is 11.3 Å². The number of carbonyl (C=O) groups is 1. The predicted octanol–water partition coefficient (Wildman–Crippen LogP) is 4.17. The fourth-order valence-electron chi connectivity index (χ4n) is 4.44. The number of anilines is 2. The van der Waals surface area contributed by atoms with Gasteiger partial charge >= 0.3 is 0 Å². The normalized spacial score (nSPS) is 11.4. The quantitative estimate of drug-likeness (QED) is 0.304. The first-order chi connectivity index (χ1) is 17.1. The second-order valence-electron chi connectivity index (χ2n) is 9.27. The van der Waals surface area contributed by atoms with Crippen molar-refractivity contribution < 1.29 is 13.6 Å². The number of nitrogens with zero attached hydrogens (tertiary/aromatic N) is 3. The molecule has 1 aromatic heterocycles. The van der Waals surface area contributed by atoms with Gasteiger partial charge in [0.1, 0.15) is 17.3 Å². The van der Waals surface area contributed by atoms with Gasteiger partial charge in [-0.2, -0.15) is 5.10 Å². The van der Waals surface area contributed by atoms with Crippen LogP contribution in [-0.2, 0) is 6.42 Å². The molecule has 7 nitrogen and oxygen atoms in total. The Kier molecular flexibility index (Phi) is 7.21. The summed E-state index contributed by atoms with van der Waals surface area (Å²) < 4.78 is 27.4. The molecule has 4 aromatic rings. The minimum atomic E-state index is -0.621. The van der Waals surface area contributed by atoms with Gasteiger partial charge in [-0.3, -0.25) is 9.89 Å². The standard InChI is InChI=1S/C27H30F2N6O/c1-34(2)9-4-10-35(3)23-8-6-20(27(31)36)25(30)24(23)26-21-14-16(5-7-22(21)32-33-26)11-17-12-18(28)15-19(29)13-17/h5-8,12-15H,4,9-11,30H2,1-3H3,(H2,31,36)(H,32,33). The maximum absolute atomic E-state index is 13.7. The van der Waals surface area contributed by atoms with Crippen molar-refractivity contribution in [3.8, 4) is 11.3 Å². The first-order valence-corrected chi connectivity index (χ1v) is 11.6. The summed E-state index contributed by atoms with van der Waals surface area (Å²) in [6.07, 6.45) is 1.26. The van der Waals surface area contributed by atoms with Crippen LogP contribution in [-0.4, -0.2) is 55.2 Å². The Morgan fingerprint density at radius 2 is 1.69 bits per heavy atom. The summed E-state index contributed by atoms with van der Waals surface area (Å²) in [6, 6.07) is 12.6. The minimum Gasteiger partial charge on any atom is -0.397 e. The third-order valence-electron chi connectivity index (χ3n) is 6.19. The number of hydrogen-bond acceptors (Lipinski definition) is 5. The molecule has 4 rings (SSSR count). The predicted molar refractivity (Wildman–Crippen MR) is 140 cm³/mol. The molecule has 0 bridgehead atoms. The number of fused-ring (bicyclic) bond motifs is 1. The lowest BCUT2D eigenvalue weighted by atomic mass is 9.97. The molecular formula is C27H30F2N6O. The molecule has 0 fully saturated rings. The summed E-state index contributed by atoms with van der Waals surface area (Å²) in [6.45, 7) is 1.68. The third kappa shape index (κ3) is 5.31. The van der Waals surface area contributed by atoms with Crippen LogP contribution in [0.25, 0.3) is 22.2 Å². The van der Waals surface area contributed by atoms with Crippen LogP contribution < -0.4 is 16.4 Å². The van der Waals surface area contributed by atoms with E-state index < -0.39 is 17.5 Å². The lowest BCUT2D eigenvalue weighted by molar-refractivity contribution is 0.100. The largest absolute Gasteiger partial charge is 0.397 e. The SMILES string of the molecule is CN(C)CCCN(C)c1ccc(C(N)=O)c(N)c1-c1n[nH]c2ccc(Cc3cc(F)cc(F)c3)cc12. The second-order valence-corrected chi connectivity index (χ2v) is 9.27. The van der Waals surface area contributed by atoms with Gasteiger partial charge in [-0.15, -0.1) is 0 Å². The number of carbonyl (C=O) groups excluding carboxylic acids is 1. The van der Waals surface area contributed by atoms with E-state index in [1.807, 2.05) is 45.4 Å². The maximum Gasteiger partial charge on any atom is 0.250 e. The van der Waals surface area contributed by atoms with Crippen LogP contribution in [0.1, 0.15) is 27.9 Å². The molecule has 5 N–H and O–H groups in total. The number of nitrogens with two attached hydrogens (primary N) is 2. The highest BCUT2D eigenvalue weighted by Crippen LogP contribution is 2.40. The molecule has 3 aromatic carbocycles. The van der Waals surface area contributed by atoms with Crippen molar-refractivity contribution >= 4 is 28.2 Å². The van der Waals surface area contributed by atoms with E-state index in [4.69, 9.17) is 11.5 Å².